The summed E-state index contributed by atoms with van der Waals surface area (Å²) in [6.45, 7) is 0.685. The van der Waals surface area contributed by atoms with Crippen molar-refractivity contribution < 1.29 is 37.7 Å². The number of methoxy groups -OCH3 is 2. The first kappa shape index (κ1) is 30.8. The van der Waals surface area contributed by atoms with E-state index in [0.29, 0.717) is 46.3 Å². The number of tetrazole rings is 1. The monoisotopic (exact) mass is 632 g/mol. The van der Waals surface area contributed by atoms with Gasteiger partial charge in [0.15, 0.2) is 23.0 Å². The number of halogens is 1. The Labute approximate surface area is 264 Å². The van der Waals surface area contributed by atoms with Crippen molar-refractivity contribution >= 4 is 11.8 Å². The van der Waals surface area contributed by atoms with Crippen LogP contribution in [-0.4, -0.2) is 77.2 Å². The maximum Gasteiger partial charge on any atom is 0.247 e. The summed E-state index contributed by atoms with van der Waals surface area (Å²) >= 11 is 0. The van der Waals surface area contributed by atoms with E-state index < -0.39 is 23.7 Å². The highest BCUT2D eigenvalue weighted by Gasteiger charge is 2.33. The molecule has 0 spiro atoms. The fourth-order valence-electron chi connectivity index (χ4n) is 5.41. The van der Waals surface area contributed by atoms with Gasteiger partial charge in [-0.25, -0.2) is 4.39 Å². The number of benzene rings is 3. The molecule has 0 bridgehead atoms. The molecule has 2 atom stereocenters. The number of fused-ring (bicyclic) bond motifs is 1. The Morgan fingerprint density at radius 1 is 1.04 bits per heavy atom. The number of carbonyl (C=O) groups is 2. The Hall–Kier alpha value is -5.24. The maximum absolute atomic E-state index is 14.2. The van der Waals surface area contributed by atoms with Crippen LogP contribution in [0.25, 0.3) is 11.4 Å². The first-order valence-corrected chi connectivity index (χ1v) is 14.7. The van der Waals surface area contributed by atoms with Gasteiger partial charge >= 0.3 is 0 Å². The van der Waals surface area contributed by atoms with Gasteiger partial charge in [0.25, 0.3) is 0 Å². The van der Waals surface area contributed by atoms with Gasteiger partial charge in [0, 0.05) is 25.3 Å². The standard InChI is InChI=1S/C32H33FN6O7/c1-42-25-12-8-22(15-27(25)43-2)31-35-37-39(36-31)18-29(40)38(17-20-5-11-26-28(14-20)46-19-45-26)30(21-6-9-23(33)10-7-21)32(41)34-16-24-4-3-13-44-24/h5-12,14-15,24,30H,3-4,13,16-19H2,1-2H3,(H,34,41). The van der Waals surface area contributed by atoms with E-state index in [1.807, 2.05) is 0 Å². The van der Waals surface area contributed by atoms with E-state index in [1.165, 1.54) is 43.4 Å². The maximum atomic E-state index is 14.2. The van der Waals surface area contributed by atoms with Gasteiger partial charge in [-0.2, -0.15) is 4.80 Å². The van der Waals surface area contributed by atoms with Crippen LogP contribution in [0.15, 0.2) is 60.7 Å². The Morgan fingerprint density at radius 3 is 2.61 bits per heavy atom. The van der Waals surface area contributed by atoms with Crippen LogP contribution in [0.4, 0.5) is 4.39 Å². The molecule has 14 heteroatoms. The average Bonchev–Trinajstić information content (AvgIpc) is 3.86. The molecule has 3 heterocycles. The van der Waals surface area contributed by atoms with E-state index in [4.69, 9.17) is 23.7 Å². The third kappa shape index (κ3) is 6.86. The molecule has 46 heavy (non-hydrogen) atoms. The lowest BCUT2D eigenvalue weighted by Crippen LogP contribution is -2.46. The molecule has 2 aliphatic rings. The van der Waals surface area contributed by atoms with E-state index in [0.717, 1.165) is 17.6 Å². The minimum atomic E-state index is -1.12. The van der Waals surface area contributed by atoms with E-state index >= 15 is 0 Å². The number of hydrogen-bond donors (Lipinski definition) is 1. The quantitative estimate of drug-likeness (QED) is 0.248. The molecule has 13 nitrogen and oxygen atoms in total. The molecular weight excluding hydrogens is 599 g/mol. The molecule has 2 aliphatic heterocycles. The number of ether oxygens (including phenoxy) is 5. The zero-order chi connectivity index (χ0) is 32.0. The molecule has 1 fully saturated rings. The van der Waals surface area contributed by atoms with Crippen LogP contribution in [0, 0.1) is 5.82 Å². The number of nitrogens with one attached hydrogen (secondary N) is 1. The Kier molecular flexibility index (Phi) is 9.24. The zero-order valence-electron chi connectivity index (χ0n) is 25.3. The lowest BCUT2D eigenvalue weighted by atomic mass is 10.0. The first-order chi connectivity index (χ1) is 22.4. The minimum Gasteiger partial charge on any atom is -0.493 e. The van der Waals surface area contributed by atoms with Crippen LogP contribution in [0.1, 0.15) is 30.0 Å². The van der Waals surface area contributed by atoms with Crippen LogP contribution in [0.2, 0.25) is 0 Å². The van der Waals surface area contributed by atoms with Gasteiger partial charge in [0.2, 0.25) is 24.4 Å². The normalized spacial score (nSPS) is 15.8. The fraction of sp³-hybridized carbons (Fsp3) is 0.344. The number of rotatable bonds is 12. The predicted octanol–water partition coefficient (Wildman–Crippen LogP) is 3.29. The Bertz CT molecular complexity index is 1690. The minimum absolute atomic E-state index is 0.0160. The molecular formula is C32H33FN6O7. The second-order valence-electron chi connectivity index (χ2n) is 10.8. The molecule has 240 valence electrons. The van der Waals surface area contributed by atoms with Crippen molar-refractivity contribution in [1.29, 1.82) is 0 Å². The van der Waals surface area contributed by atoms with Crippen molar-refractivity contribution in [3.05, 3.63) is 77.6 Å². The number of carbonyl (C=O) groups excluding carboxylic acids is 2. The zero-order valence-corrected chi connectivity index (χ0v) is 25.3. The Balaban J connectivity index is 1.31. The lowest BCUT2D eigenvalue weighted by molar-refractivity contribution is -0.142. The van der Waals surface area contributed by atoms with Gasteiger partial charge in [0.05, 0.1) is 20.3 Å². The first-order valence-electron chi connectivity index (χ1n) is 14.7. The molecule has 1 aromatic heterocycles. The van der Waals surface area contributed by atoms with E-state index in [2.05, 4.69) is 20.7 Å². The van der Waals surface area contributed by atoms with E-state index in [9.17, 15) is 14.0 Å². The van der Waals surface area contributed by atoms with Crippen molar-refractivity contribution in [3.63, 3.8) is 0 Å². The van der Waals surface area contributed by atoms with Crippen molar-refractivity contribution in [2.45, 2.75) is 38.1 Å². The van der Waals surface area contributed by atoms with Crippen LogP contribution >= 0.6 is 0 Å². The molecule has 6 rings (SSSR count). The summed E-state index contributed by atoms with van der Waals surface area (Å²) in [5.74, 6) is 1.02. The summed E-state index contributed by atoms with van der Waals surface area (Å²) in [7, 11) is 3.06. The van der Waals surface area contributed by atoms with Crippen LogP contribution in [-0.2, 0) is 27.4 Å². The highest BCUT2D eigenvalue weighted by molar-refractivity contribution is 5.88. The summed E-state index contributed by atoms with van der Waals surface area (Å²) in [6.07, 6.45) is 1.61. The molecule has 1 N–H and O–H groups in total. The fourth-order valence-corrected chi connectivity index (χ4v) is 5.41. The van der Waals surface area contributed by atoms with Gasteiger partial charge in [-0.3, -0.25) is 9.59 Å². The Morgan fingerprint density at radius 2 is 1.85 bits per heavy atom. The summed E-state index contributed by atoms with van der Waals surface area (Å²) in [5.41, 5.74) is 1.72. The molecule has 0 aliphatic carbocycles. The number of hydrogen-bond acceptors (Lipinski definition) is 10. The van der Waals surface area contributed by atoms with Crippen molar-refractivity contribution in [2.75, 3.05) is 34.2 Å². The van der Waals surface area contributed by atoms with Crippen molar-refractivity contribution in [1.82, 2.24) is 30.4 Å². The van der Waals surface area contributed by atoms with Gasteiger partial charge in [0.1, 0.15) is 18.4 Å². The summed E-state index contributed by atoms with van der Waals surface area (Å²) in [5, 5.41) is 15.6. The SMILES string of the molecule is COc1ccc(-c2nnn(CC(=O)N(Cc3ccc4c(c3)OCO4)C(C(=O)NCC3CCCO3)c3ccc(F)cc3)n2)cc1OC. The van der Waals surface area contributed by atoms with Gasteiger partial charge in [-0.05, 0) is 71.6 Å². The van der Waals surface area contributed by atoms with Crippen LogP contribution in [0.3, 0.4) is 0 Å². The van der Waals surface area contributed by atoms with E-state index in [1.54, 1.807) is 36.4 Å². The highest BCUT2D eigenvalue weighted by Crippen LogP contribution is 2.34. The second-order valence-corrected chi connectivity index (χ2v) is 10.8. The van der Waals surface area contributed by atoms with Crippen LogP contribution < -0.4 is 24.3 Å². The average molecular weight is 633 g/mol. The molecule has 0 radical (unpaired) electrons. The number of aromatic nitrogens is 4. The summed E-state index contributed by atoms with van der Waals surface area (Å²) in [4.78, 5) is 30.6. The van der Waals surface area contributed by atoms with Gasteiger partial charge in [-0.15, -0.1) is 10.2 Å². The van der Waals surface area contributed by atoms with Gasteiger partial charge in [-0.1, -0.05) is 18.2 Å². The van der Waals surface area contributed by atoms with Crippen molar-refractivity contribution in [3.8, 4) is 34.4 Å². The smallest absolute Gasteiger partial charge is 0.247 e. The lowest BCUT2D eigenvalue weighted by Gasteiger charge is -2.32. The third-order valence-corrected chi connectivity index (χ3v) is 7.76. The molecule has 3 aromatic carbocycles. The topological polar surface area (TPSA) is 139 Å². The molecule has 2 unspecified atom stereocenters. The third-order valence-electron chi connectivity index (χ3n) is 7.76. The predicted molar refractivity (Wildman–Crippen MR) is 161 cm³/mol. The molecule has 0 saturated carbocycles. The summed E-state index contributed by atoms with van der Waals surface area (Å²) < 4.78 is 41.3. The van der Waals surface area contributed by atoms with Crippen LogP contribution in [0.5, 0.6) is 23.0 Å². The second kappa shape index (κ2) is 13.8. The number of nitrogens with zero attached hydrogens (tertiary/aromatic N) is 5. The van der Waals surface area contributed by atoms with E-state index in [-0.39, 0.29) is 38.4 Å². The number of amides is 2. The molecule has 2 amide bonds. The molecule has 1 saturated heterocycles. The highest BCUT2D eigenvalue weighted by atomic mass is 19.1. The van der Waals surface area contributed by atoms with Gasteiger partial charge < -0.3 is 33.9 Å². The van der Waals surface area contributed by atoms with Crippen molar-refractivity contribution in [2.24, 2.45) is 0 Å². The summed E-state index contributed by atoms with van der Waals surface area (Å²) in [6, 6.07) is 14.9. The largest absolute Gasteiger partial charge is 0.493 e. The molecule has 4 aromatic rings.